The van der Waals surface area contributed by atoms with Crippen molar-refractivity contribution in [2.45, 2.75) is 19.8 Å². The van der Waals surface area contributed by atoms with Crippen LogP contribution < -0.4 is 5.32 Å². The molecule has 1 heterocycles. The minimum absolute atomic E-state index is 0.0969. The quantitative estimate of drug-likeness (QED) is 0.768. The second-order valence-corrected chi connectivity index (χ2v) is 2.57. The zero-order chi connectivity index (χ0) is 9.68. The van der Waals surface area contributed by atoms with E-state index in [0.29, 0.717) is 12.1 Å². The summed E-state index contributed by atoms with van der Waals surface area (Å²) < 4.78 is 4.82. The van der Waals surface area contributed by atoms with E-state index in [1.807, 2.05) is 13.0 Å². The van der Waals surface area contributed by atoms with Crippen molar-refractivity contribution in [1.29, 1.82) is 5.26 Å². The van der Waals surface area contributed by atoms with Crippen LogP contribution in [-0.4, -0.2) is 5.91 Å². The van der Waals surface area contributed by atoms with Crippen LogP contribution in [0.3, 0.4) is 0 Å². The van der Waals surface area contributed by atoms with E-state index >= 15 is 0 Å². The summed E-state index contributed by atoms with van der Waals surface area (Å²) in [5.74, 6) is 0.0462. The van der Waals surface area contributed by atoms with E-state index in [9.17, 15) is 4.79 Å². The topological polar surface area (TPSA) is 66.0 Å². The standard InChI is InChI=1S/C9H10N2O2/c1-2-3-9(12)11-7-4-5-13-8(7)6-10/h4-5H,2-3H2,1H3,(H,11,12). The summed E-state index contributed by atoms with van der Waals surface area (Å²) in [6.45, 7) is 1.92. The Morgan fingerprint density at radius 1 is 1.77 bits per heavy atom. The maximum absolute atomic E-state index is 11.1. The molecule has 0 unspecified atom stereocenters. The van der Waals surface area contributed by atoms with Gasteiger partial charge in [0.25, 0.3) is 0 Å². The number of anilines is 1. The number of carbonyl (C=O) groups excluding carboxylic acids is 1. The van der Waals surface area contributed by atoms with Crippen LogP contribution in [0.15, 0.2) is 16.7 Å². The molecule has 0 radical (unpaired) electrons. The van der Waals surface area contributed by atoms with Crippen molar-refractivity contribution < 1.29 is 9.21 Å². The van der Waals surface area contributed by atoms with Gasteiger partial charge in [-0.2, -0.15) is 5.26 Å². The van der Waals surface area contributed by atoms with Gasteiger partial charge in [-0.1, -0.05) is 6.92 Å². The van der Waals surface area contributed by atoms with E-state index in [2.05, 4.69) is 5.32 Å². The molecular weight excluding hydrogens is 168 g/mol. The number of hydrogen-bond acceptors (Lipinski definition) is 3. The number of amides is 1. The molecule has 13 heavy (non-hydrogen) atoms. The molecule has 0 bridgehead atoms. The molecule has 1 aromatic heterocycles. The highest BCUT2D eigenvalue weighted by molar-refractivity contribution is 5.91. The Hall–Kier alpha value is -1.76. The molecule has 0 aliphatic rings. The first kappa shape index (κ1) is 9.33. The highest BCUT2D eigenvalue weighted by Gasteiger charge is 2.07. The third-order valence-electron chi connectivity index (χ3n) is 1.52. The van der Waals surface area contributed by atoms with Gasteiger partial charge < -0.3 is 9.73 Å². The van der Waals surface area contributed by atoms with Gasteiger partial charge in [-0.15, -0.1) is 0 Å². The van der Waals surface area contributed by atoms with Crippen molar-refractivity contribution in [3.8, 4) is 6.07 Å². The fourth-order valence-electron chi connectivity index (χ4n) is 0.934. The molecule has 0 saturated carbocycles. The van der Waals surface area contributed by atoms with Gasteiger partial charge in [0.15, 0.2) is 0 Å². The van der Waals surface area contributed by atoms with Crippen molar-refractivity contribution >= 4 is 11.6 Å². The fraction of sp³-hybridized carbons (Fsp3) is 0.333. The number of hydrogen-bond donors (Lipinski definition) is 1. The highest BCUT2D eigenvalue weighted by Crippen LogP contribution is 2.15. The first-order chi connectivity index (χ1) is 6.27. The van der Waals surface area contributed by atoms with Crippen LogP contribution in [0.25, 0.3) is 0 Å². The Morgan fingerprint density at radius 3 is 3.15 bits per heavy atom. The molecule has 1 aromatic rings. The van der Waals surface area contributed by atoms with Gasteiger partial charge in [0.1, 0.15) is 6.07 Å². The lowest BCUT2D eigenvalue weighted by atomic mass is 10.3. The number of furan rings is 1. The molecule has 0 aliphatic carbocycles. The predicted octanol–water partition coefficient (Wildman–Crippen LogP) is 1.89. The molecule has 1 N–H and O–H groups in total. The monoisotopic (exact) mass is 178 g/mol. The van der Waals surface area contributed by atoms with E-state index in [1.54, 1.807) is 6.07 Å². The van der Waals surface area contributed by atoms with E-state index in [1.165, 1.54) is 6.26 Å². The number of rotatable bonds is 3. The molecular formula is C9H10N2O2. The Kier molecular flexibility index (Phi) is 3.09. The van der Waals surface area contributed by atoms with Crippen molar-refractivity contribution in [3.05, 3.63) is 18.1 Å². The smallest absolute Gasteiger partial charge is 0.226 e. The molecule has 1 amide bonds. The lowest BCUT2D eigenvalue weighted by Crippen LogP contribution is -2.10. The second-order valence-electron chi connectivity index (χ2n) is 2.57. The number of nitriles is 1. The normalized spacial score (nSPS) is 9.23. The first-order valence-electron chi connectivity index (χ1n) is 4.05. The minimum Gasteiger partial charge on any atom is -0.452 e. The molecule has 4 nitrogen and oxygen atoms in total. The van der Waals surface area contributed by atoms with Crippen molar-refractivity contribution in [3.63, 3.8) is 0 Å². The van der Waals surface area contributed by atoms with E-state index < -0.39 is 0 Å². The molecule has 1 rings (SSSR count). The van der Waals surface area contributed by atoms with E-state index in [0.717, 1.165) is 6.42 Å². The molecule has 4 heteroatoms. The molecule has 0 saturated heterocycles. The van der Waals surface area contributed by atoms with Gasteiger partial charge >= 0.3 is 0 Å². The highest BCUT2D eigenvalue weighted by atomic mass is 16.3. The summed E-state index contributed by atoms with van der Waals surface area (Å²) in [6.07, 6.45) is 2.61. The SMILES string of the molecule is CCCC(=O)Nc1ccoc1C#N. The molecule has 0 aromatic carbocycles. The van der Waals surface area contributed by atoms with Gasteiger partial charge in [0, 0.05) is 12.5 Å². The van der Waals surface area contributed by atoms with Gasteiger partial charge in [-0.3, -0.25) is 4.79 Å². The summed E-state index contributed by atoms with van der Waals surface area (Å²) >= 11 is 0. The first-order valence-corrected chi connectivity index (χ1v) is 4.05. The second kappa shape index (κ2) is 4.31. The fourth-order valence-corrected chi connectivity index (χ4v) is 0.934. The summed E-state index contributed by atoms with van der Waals surface area (Å²) in [7, 11) is 0. The van der Waals surface area contributed by atoms with Crippen molar-refractivity contribution in [1.82, 2.24) is 0 Å². The molecule has 68 valence electrons. The maximum Gasteiger partial charge on any atom is 0.226 e. The third kappa shape index (κ3) is 2.34. The van der Waals surface area contributed by atoms with Crippen LogP contribution in [0.1, 0.15) is 25.5 Å². The van der Waals surface area contributed by atoms with Crippen LogP contribution in [0.5, 0.6) is 0 Å². The average Bonchev–Trinajstić information content (AvgIpc) is 2.52. The third-order valence-corrected chi connectivity index (χ3v) is 1.52. The van der Waals surface area contributed by atoms with Crippen molar-refractivity contribution in [2.75, 3.05) is 5.32 Å². The minimum atomic E-state index is -0.0969. The number of nitrogens with zero attached hydrogens (tertiary/aromatic N) is 1. The lowest BCUT2D eigenvalue weighted by Gasteiger charge is -1.99. The maximum atomic E-state index is 11.1. The Bertz CT molecular complexity index is 336. The van der Waals surface area contributed by atoms with Crippen LogP contribution in [0, 0.1) is 11.3 Å². The van der Waals surface area contributed by atoms with E-state index in [-0.39, 0.29) is 11.7 Å². The molecule has 0 atom stereocenters. The molecule has 0 aliphatic heterocycles. The van der Waals surface area contributed by atoms with Gasteiger partial charge in [-0.05, 0) is 6.42 Å². The predicted molar refractivity (Wildman–Crippen MR) is 47.0 cm³/mol. The summed E-state index contributed by atoms with van der Waals surface area (Å²) in [5.41, 5.74) is 0.445. The van der Waals surface area contributed by atoms with Crippen molar-refractivity contribution in [2.24, 2.45) is 0 Å². The van der Waals surface area contributed by atoms with Gasteiger partial charge in [0.05, 0.1) is 12.0 Å². The van der Waals surface area contributed by atoms with Gasteiger partial charge in [0.2, 0.25) is 11.7 Å². The van der Waals surface area contributed by atoms with Crippen LogP contribution in [0.2, 0.25) is 0 Å². The zero-order valence-electron chi connectivity index (χ0n) is 7.33. The van der Waals surface area contributed by atoms with E-state index in [4.69, 9.17) is 9.68 Å². The largest absolute Gasteiger partial charge is 0.452 e. The summed E-state index contributed by atoms with van der Waals surface area (Å²) in [4.78, 5) is 11.1. The Labute approximate surface area is 76.2 Å². The Morgan fingerprint density at radius 2 is 2.54 bits per heavy atom. The van der Waals surface area contributed by atoms with Crippen LogP contribution in [-0.2, 0) is 4.79 Å². The Balaban J connectivity index is 2.64. The molecule has 0 spiro atoms. The number of carbonyl (C=O) groups is 1. The lowest BCUT2D eigenvalue weighted by molar-refractivity contribution is -0.116. The number of nitrogens with one attached hydrogen (secondary N) is 1. The summed E-state index contributed by atoms with van der Waals surface area (Å²) in [5, 5.41) is 11.1. The van der Waals surface area contributed by atoms with Crippen LogP contribution >= 0.6 is 0 Å². The molecule has 0 fully saturated rings. The van der Waals surface area contributed by atoms with Gasteiger partial charge in [-0.25, -0.2) is 0 Å². The van der Waals surface area contributed by atoms with Crippen LogP contribution in [0.4, 0.5) is 5.69 Å². The summed E-state index contributed by atoms with van der Waals surface area (Å²) in [6, 6.07) is 3.40. The average molecular weight is 178 g/mol. The zero-order valence-corrected chi connectivity index (χ0v) is 7.33.